The average molecular weight is 354 g/mol. The molecule has 0 aliphatic carbocycles. The fourth-order valence-electron chi connectivity index (χ4n) is 2.31. The van der Waals surface area contributed by atoms with Gasteiger partial charge in [0.25, 0.3) is 5.91 Å². The highest BCUT2D eigenvalue weighted by Gasteiger charge is 2.07. The number of hydrogen-bond donors (Lipinski definition) is 2. The molecule has 0 spiro atoms. The van der Waals surface area contributed by atoms with E-state index in [-0.39, 0.29) is 11.8 Å². The van der Waals surface area contributed by atoms with Crippen LogP contribution >= 0.6 is 0 Å². The highest BCUT2D eigenvalue weighted by Crippen LogP contribution is 2.16. The minimum absolute atomic E-state index is 0.0169. The van der Waals surface area contributed by atoms with Crippen molar-refractivity contribution in [3.05, 3.63) is 59.7 Å². The summed E-state index contributed by atoms with van der Waals surface area (Å²) in [5.41, 5.74) is 2.35. The SMILES string of the molecule is CNC(=O)CCc1ccc(NC(=O)c2ccc(OCC(C)C)cc2)cc1. The van der Waals surface area contributed by atoms with Crippen molar-refractivity contribution in [2.24, 2.45) is 5.92 Å². The number of carbonyl (C=O) groups excluding carboxylic acids is 2. The van der Waals surface area contributed by atoms with Crippen LogP contribution in [0.4, 0.5) is 5.69 Å². The zero-order chi connectivity index (χ0) is 18.9. The summed E-state index contributed by atoms with van der Waals surface area (Å²) in [5, 5.41) is 5.48. The van der Waals surface area contributed by atoms with Crippen LogP contribution < -0.4 is 15.4 Å². The van der Waals surface area contributed by atoms with E-state index in [4.69, 9.17) is 4.74 Å². The lowest BCUT2D eigenvalue weighted by Gasteiger charge is -2.10. The number of amides is 2. The van der Waals surface area contributed by atoms with Crippen LogP contribution in [-0.2, 0) is 11.2 Å². The summed E-state index contributed by atoms with van der Waals surface area (Å²) in [4.78, 5) is 23.6. The highest BCUT2D eigenvalue weighted by atomic mass is 16.5. The van der Waals surface area contributed by atoms with Crippen LogP contribution in [0.15, 0.2) is 48.5 Å². The van der Waals surface area contributed by atoms with E-state index in [0.717, 1.165) is 17.0 Å². The molecule has 0 fully saturated rings. The van der Waals surface area contributed by atoms with Gasteiger partial charge in [0.05, 0.1) is 6.61 Å². The quantitative estimate of drug-likeness (QED) is 0.760. The van der Waals surface area contributed by atoms with Gasteiger partial charge in [-0.2, -0.15) is 0 Å². The van der Waals surface area contributed by atoms with E-state index in [1.807, 2.05) is 24.3 Å². The van der Waals surface area contributed by atoms with Gasteiger partial charge in [-0.05, 0) is 54.3 Å². The van der Waals surface area contributed by atoms with E-state index in [0.29, 0.717) is 30.9 Å². The van der Waals surface area contributed by atoms with Crippen molar-refractivity contribution in [2.45, 2.75) is 26.7 Å². The standard InChI is InChI=1S/C21H26N2O3/c1-15(2)14-26-19-11-7-17(8-12-19)21(25)23-18-9-4-16(5-10-18)6-13-20(24)22-3/h4-5,7-12,15H,6,13-14H2,1-3H3,(H,22,24)(H,23,25). The van der Waals surface area contributed by atoms with E-state index in [9.17, 15) is 9.59 Å². The van der Waals surface area contributed by atoms with Gasteiger partial charge in [0.2, 0.25) is 5.91 Å². The second-order valence-electron chi connectivity index (χ2n) is 6.55. The van der Waals surface area contributed by atoms with Crippen molar-refractivity contribution in [2.75, 3.05) is 19.0 Å². The number of ether oxygens (including phenoxy) is 1. The summed E-state index contributed by atoms with van der Waals surface area (Å²) in [5.74, 6) is 1.06. The molecule has 0 aromatic heterocycles. The molecule has 2 N–H and O–H groups in total. The average Bonchev–Trinajstić information content (AvgIpc) is 2.65. The molecule has 0 saturated heterocycles. The van der Waals surface area contributed by atoms with Crippen LogP contribution in [0.25, 0.3) is 0 Å². The first kappa shape index (κ1) is 19.5. The molecule has 2 aromatic rings. The van der Waals surface area contributed by atoms with Gasteiger partial charge in [-0.25, -0.2) is 0 Å². The van der Waals surface area contributed by atoms with Crippen LogP contribution in [-0.4, -0.2) is 25.5 Å². The van der Waals surface area contributed by atoms with Crippen molar-refractivity contribution < 1.29 is 14.3 Å². The predicted octanol–water partition coefficient (Wildman–Crippen LogP) is 3.65. The number of benzene rings is 2. The Morgan fingerprint density at radius 3 is 2.23 bits per heavy atom. The molecule has 0 saturated carbocycles. The van der Waals surface area contributed by atoms with E-state index >= 15 is 0 Å². The fourth-order valence-corrected chi connectivity index (χ4v) is 2.31. The maximum Gasteiger partial charge on any atom is 0.255 e. The topological polar surface area (TPSA) is 67.4 Å². The van der Waals surface area contributed by atoms with Crippen molar-refractivity contribution in [3.63, 3.8) is 0 Å². The van der Waals surface area contributed by atoms with Crippen molar-refractivity contribution >= 4 is 17.5 Å². The summed E-state index contributed by atoms with van der Waals surface area (Å²) in [7, 11) is 1.63. The first-order chi connectivity index (χ1) is 12.5. The van der Waals surface area contributed by atoms with E-state index in [2.05, 4.69) is 24.5 Å². The van der Waals surface area contributed by atoms with Gasteiger partial charge in [-0.15, -0.1) is 0 Å². The molecule has 0 aliphatic rings. The van der Waals surface area contributed by atoms with Crippen LogP contribution in [0.3, 0.4) is 0 Å². The number of aryl methyl sites for hydroxylation is 1. The summed E-state index contributed by atoms with van der Waals surface area (Å²) in [6.07, 6.45) is 1.12. The molecule has 2 aromatic carbocycles. The van der Waals surface area contributed by atoms with Gasteiger partial charge >= 0.3 is 0 Å². The summed E-state index contributed by atoms with van der Waals surface area (Å²) < 4.78 is 5.62. The van der Waals surface area contributed by atoms with Crippen molar-refractivity contribution in [1.29, 1.82) is 0 Å². The minimum atomic E-state index is -0.168. The Hall–Kier alpha value is -2.82. The molecule has 0 unspecified atom stereocenters. The lowest BCUT2D eigenvalue weighted by Crippen LogP contribution is -2.17. The monoisotopic (exact) mass is 354 g/mol. The largest absolute Gasteiger partial charge is 0.493 e. The molecule has 0 radical (unpaired) electrons. The van der Waals surface area contributed by atoms with Crippen LogP contribution in [0.5, 0.6) is 5.75 Å². The van der Waals surface area contributed by atoms with Gasteiger partial charge in [0, 0.05) is 24.7 Å². The molecular formula is C21H26N2O3. The Morgan fingerprint density at radius 1 is 1.00 bits per heavy atom. The molecule has 0 aliphatic heterocycles. The predicted molar refractivity (Wildman–Crippen MR) is 104 cm³/mol. The number of anilines is 1. The zero-order valence-corrected chi connectivity index (χ0v) is 15.5. The van der Waals surface area contributed by atoms with Gasteiger partial charge in [-0.3, -0.25) is 9.59 Å². The molecule has 26 heavy (non-hydrogen) atoms. The lowest BCUT2D eigenvalue weighted by molar-refractivity contribution is -0.120. The molecule has 5 heteroatoms. The number of nitrogens with one attached hydrogen (secondary N) is 2. The van der Waals surface area contributed by atoms with Crippen LogP contribution in [0.2, 0.25) is 0 Å². The number of carbonyl (C=O) groups is 2. The molecule has 5 nitrogen and oxygen atoms in total. The molecule has 0 heterocycles. The molecule has 2 rings (SSSR count). The molecule has 138 valence electrons. The molecule has 0 bridgehead atoms. The second-order valence-corrected chi connectivity index (χ2v) is 6.55. The minimum Gasteiger partial charge on any atom is -0.493 e. The van der Waals surface area contributed by atoms with Crippen molar-refractivity contribution in [1.82, 2.24) is 5.32 Å². The van der Waals surface area contributed by atoms with Gasteiger partial charge in [0.1, 0.15) is 5.75 Å². The molecule has 0 atom stereocenters. The number of rotatable bonds is 8. The van der Waals surface area contributed by atoms with E-state index in [1.54, 1.807) is 31.3 Å². The Labute approximate surface area is 154 Å². The third-order valence-electron chi connectivity index (χ3n) is 3.83. The Morgan fingerprint density at radius 2 is 1.65 bits per heavy atom. The highest BCUT2D eigenvalue weighted by molar-refractivity contribution is 6.04. The first-order valence-corrected chi connectivity index (χ1v) is 8.81. The first-order valence-electron chi connectivity index (χ1n) is 8.81. The van der Waals surface area contributed by atoms with Crippen molar-refractivity contribution in [3.8, 4) is 5.75 Å². The smallest absolute Gasteiger partial charge is 0.255 e. The Bertz CT molecular complexity index is 722. The van der Waals surface area contributed by atoms with Gasteiger partial charge < -0.3 is 15.4 Å². The third kappa shape index (κ3) is 6.24. The molecular weight excluding hydrogens is 328 g/mol. The normalized spacial score (nSPS) is 10.5. The summed E-state index contributed by atoms with van der Waals surface area (Å²) >= 11 is 0. The Kier molecular flexibility index (Phi) is 7.21. The van der Waals surface area contributed by atoms with Crippen LogP contribution in [0, 0.1) is 5.92 Å². The maximum absolute atomic E-state index is 12.3. The second kappa shape index (κ2) is 9.61. The summed E-state index contributed by atoms with van der Waals surface area (Å²) in [6, 6.07) is 14.6. The molecule has 2 amide bonds. The maximum atomic E-state index is 12.3. The summed E-state index contributed by atoms with van der Waals surface area (Å²) in [6.45, 7) is 4.83. The number of hydrogen-bond acceptors (Lipinski definition) is 3. The van der Waals surface area contributed by atoms with E-state index < -0.39 is 0 Å². The van der Waals surface area contributed by atoms with Crippen LogP contribution in [0.1, 0.15) is 36.2 Å². The third-order valence-corrected chi connectivity index (χ3v) is 3.83. The van der Waals surface area contributed by atoms with E-state index in [1.165, 1.54) is 0 Å². The Balaban J connectivity index is 1.89. The zero-order valence-electron chi connectivity index (χ0n) is 15.5. The lowest BCUT2D eigenvalue weighted by atomic mass is 10.1. The van der Waals surface area contributed by atoms with Gasteiger partial charge in [-0.1, -0.05) is 26.0 Å². The fraction of sp³-hybridized carbons (Fsp3) is 0.333. The van der Waals surface area contributed by atoms with Gasteiger partial charge in [0.15, 0.2) is 0 Å².